The summed E-state index contributed by atoms with van der Waals surface area (Å²) in [7, 11) is 0. The van der Waals surface area contributed by atoms with Crippen molar-refractivity contribution >= 4 is 50.4 Å². The topological polar surface area (TPSA) is 72.2 Å². The Labute approximate surface area is 168 Å². The zero-order chi connectivity index (χ0) is 18.8. The molecule has 0 aliphatic rings. The molecule has 0 spiro atoms. The zero-order valence-corrected chi connectivity index (χ0v) is 17.2. The van der Waals surface area contributed by atoms with E-state index >= 15 is 0 Å². The molecule has 3 heterocycles. The summed E-state index contributed by atoms with van der Waals surface area (Å²) in [5.41, 5.74) is 4.11. The first-order valence-electron chi connectivity index (χ1n) is 8.41. The quantitative estimate of drug-likeness (QED) is 0.370. The highest BCUT2D eigenvalue weighted by Crippen LogP contribution is 2.26. The van der Waals surface area contributed by atoms with Gasteiger partial charge in [0, 0.05) is 22.8 Å². The second-order valence-corrected chi connectivity index (χ2v) is 9.23. The van der Waals surface area contributed by atoms with Crippen molar-refractivity contribution in [3.05, 3.63) is 47.1 Å². The van der Waals surface area contributed by atoms with Gasteiger partial charge in [-0.15, -0.1) is 21.5 Å². The molecule has 138 valence electrons. The monoisotopic (exact) mass is 415 g/mol. The first-order valence-corrected chi connectivity index (χ1v) is 11.1. The predicted octanol–water partition coefficient (Wildman–Crippen LogP) is 4.52. The number of anilines is 1. The highest BCUT2D eigenvalue weighted by Gasteiger charge is 2.14. The van der Waals surface area contributed by atoms with Crippen LogP contribution < -0.4 is 5.32 Å². The summed E-state index contributed by atoms with van der Waals surface area (Å²) in [4.78, 5) is 18.0. The maximum absolute atomic E-state index is 12.4. The first kappa shape index (κ1) is 18.1. The summed E-state index contributed by atoms with van der Waals surface area (Å²) in [6, 6.07) is 8.28. The molecule has 0 fully saturated rings. The molecule has 9 heteroatoms. The van der Waals surface area contributed by atoms with E-state index in [0.29, 0.717) is 5.13 Å². The molecular weight excluding hydrogens is 398 g/mol. The Kier molecular flexibility index (Phi) is 5.24. The van der Waals surface area contributed by atoms with Gasteiger partial charge in [-0.3, -0.25) is 9.20 Å². The number of imidazole rings is 1. The van der Waals surface area contributed by atoms with Crippen molar-refractivity contribution in [3.63, 3.8) is 0 Å². The van der Waals surface area contributed by atoms with Crippen LogP contribution >= 0.6 is 34.4 Å². The van der Waals surface area contributed by atoms with Crippen molar-refractivity contribution in [3.8, 4) is 11.3 Å². The SMILES string of the molecule is CCSc1nnc(NC(=O)Cc2csc3nc(-c4ccc(C)cc4)cn23)s1. The largest absolute Gasteiger partial charge is 0.300 e. The lowest BCUT2D eigenvalue weighted by Crippen LogP contribution is -2.15. The number of aryl methyl sites for hydroxylation is 1. The van der Waals surface area contributed by atoms with Gasteiger partial charge in [-0.2, -0.15) is 0 Å². The van der Waals surface area contributed by atoms with Gasteiger partial charge in [0.1, 0.15) is 0 Å². The van der Waals surface area contributed by atoms with Crippen LogP contribution in [0.4, 0.5) is 5.13 Å². The van der Waals surface area contributed by atoms with Crippen LogP contribution in [0.1, 0.15) is 18.2 Å². The van der Waals surface area contributed by atoms with Crippen molar-refractivity contribution < 1.29 is 4.79 Å². The average Bonchev–Trinajstić information content (AvgIpc) is 3.34. The molecule has 0 atom stereocenters. The second kappa shape index (κ2) is 7.79. The maximum Gasteiger partial charge on any atom is 0.232 e. The van der Waals surface area contributed by atoms with E-state index in [-0.39, 0.29) is 12.3 Å². The Hall–Kier alpha value is -2.23. The first-order chi connectivity index (χ1) is 13.1. The summed E-state index contributed by atoms with van der Waals surface area (Å²) < 4.78 is 2.85. The van der Waals surface area contributed by atoms with Gasteiger partial charge < -0.3 is 5.32 Å². The third-order valence-corrected chi connectivity index (χ3v) is 6.64. The van der Waals surface area contributed by atoms with Crippen LogP contribution in [0.3, 0.4) is 0 Å². The van der Waals surface area contributed by atoms with Crippen LogP contribution in [0.5, 0.6) is 0 Å². The lowest BCUT2D eigenvalue weighted by atomic mass is 10.1. The summed E-state index contributed by atoms with van der Waals surface area (Å²) >= 11 is 4.55. The van der Waals surface area contributed by atoms with Gasteiger partial charge in [0.25, 0.3) is 0 Å². The number of carbonyl (C=O) groups excluding carboxylic acids is 1. The van der Waals surface area contributed by atoms with Crippen LogP contribution in [0.2, 0.25) is 0 Å². The molecule has 0 aliphatic carbocycles. The van der Waals surface area contributed by atoms with Gasteiger partial charge in [-0.05, 0) is 12.7 Å². The number of thioether (sulfide) groups is 1. The lowest BCUT2D eigenvalue weighted by molar-refractivity contribution is -0.115. The van der Waals surface area contributed by atoms with Crippen LogP contribution in [-0.4, -0.2) is 31.2 Å². The van der Waals surface area contributed by atoms with Crippen molar-refractivity contribution in [2.45, 2.75) is 24.6 Å². The average molecular weight is 416 g/mol. The molecule has 0 radical (unpaired) electrons. The third kappa shape index (κ3) is 4.05. The van der Waals surface area contributed by atoms with E-state index in [9.17, 15) is 4.79 Å². The number of nitrogens with zero attached hydrogens (tertiary/aromatic N) is 4. The summed E-state index contributed by atoms with van der Waals surface area (Å²) in [6.07, 6.45) is 2.25. The van der Waals surface area contributed by atoms with Crippen molar-refractivity contribution in [1.82, 2.24) is 19.6 Å². The Morgan fingerprint density at radius 1 is 1.26 bits per heavy atom. The van der Waals surface area contributed by atoms with E-state index in [1.807, 2.05) is 16.0 Å². The summed E-state index contributed by atoms with van der Waals surface area (Å²) in [6.45, 7) is 4.12. The smallest absolute Gasteiger partial charge is 0.232 e. The number of benzene rings is 1. The molecule has 3 aromatic heterocycles. The Balaban J connectivity index is 1.49. The fourth-order valence-corrected chi connectivity index (χ4v) is 5.13. The van der Waals surface area contributed by atoms with E-state index in [1.165, 1.54) is 28.2 Å². The van der Waals surface area contributed by atoms with Gasteiger partial charge in [0.15, 0.2) is 9.30 Å². The second-order valence-electron chi connectivity index (χ2n) is 5.90. The van der Waals surface area contributed by atoms with Gasteiger partial charge in [-0.25, -0.2) is 4.98 Å². The molecule has 0 bridgehead atoms. The minimum atomic E-state index is -0.107. The number of nitrogens with one attached hydrogen (secondary N) is 1. The maximum atomic E-state index is 12.4. The molecule has 1 amide bonds. The van der Waals surface area contributed by atoms with Crippen LogP contribution in [0.25, 0.3) is 16.2 Å². The minimum Gasteiger partial charge on any atom is -0.300 e. The Bertz CT molecular complexity index is 1080. The Morgan fingerprint density at radius 2 is 2.07 bits per heavy atom. The number of amides is 1. The molecule has 27 heavy (non-hydrogen) atoms. The van der Waals surface area contributed by atoms with Crippen molar-refractivity contribution in [2.24, 2.45) is 0 Å². The number of hydrogen-bond donors (Lipinski definition) is 1. The van der Waals surface area contributed by atoms with E-state index in [0.717, 1.165) is 32.0 Å². The van der Waals surface area contributed by atoms with E-state index in [1.54, 1.807) is 11.8 Å². The molecule has 1 N–H and O–H groups in total. The molecule has 6 nitrogen and oxygen atoms in total. The molecule has 1 aromatic carbocycles. The predicted molar refractivity (Wildman–Crippen MR) is 112 cm³/mol. The van der Waals surface area contributed by atoms with E-state index in [2.05, 4.69) is 58.6 Å². The number of rotatable bonds is 6. The van der Waals surface area contributed by atoms with Crippen LogP contribution in [0.15, 0.2) is 40.2 Å². The van der Waals surface area contributed by atoms with Crippen LogP contribution in [-0.2, 0) is 11.2 Å². The molecule has 0 aliphatic heterocycles. The number of carbonyl (C=O) groups is 1. The molecule has 4 rings (SSSR count). The number of hydrogen-bond acceptors (Lipinski definition) is 7. The molecule has 4 aromatic rings. The van der Waals surface area contributed by atoms with Gasteiger partial charge in [0.05, 0.1) is 12.1 Å². The lowest BCUT2D eigenvalue weighted by Gasteiger charge is -2.00. The minimum absolute atomic E-state index is 0.107. The summed E-state index contributed by atoms with van der Waals surface area (Å²) in [5.74, 6) is 0.823. The van der Waals surface area contributed by atoms with E-state index in [4.69, 9.17) is 0 Å². The highest BCUT2D eigenvalue weighted by molar-refractivity contribution is 8.01. The van der Waals surface area contributed by atoms with Gasteiger partial charge >= 0.3 is 0 Å². The van der Waals surface area contributed by atoms with Gasteiger partial charge in [-0.1, -0.05) is 59.9 Å². The summed E-state index contributed by atoms with van der Waals surface area (Å²) in [5, 5.41) is 13.4. The fourth-order valence-electron chi connectivity index (χ4n) is 2.59. The highest BCUT2D eigenvalue weighted by atomic mass is 32.2. The van der Waals surface area contributed by atoms with Crippen molar-refractivity contribution in [1.29, 1.82) is 0 Å². The van der Waals surface area contributed by atoms with Crippen molar-refractivity contribution in [2.75, 3.05) is 11.1 Å². The fraction of sp³-hybridized carbons (Fsp3) is 0.222. The number of thiazole rings is 1. The molecule has 0 unspecified atom stereocenters. The number of fused-ring (bicyclic) bond motifs is 1. The Morgan fingerprint density at radius 3 is 2.85 bits per heavy atom. The van der Waals surface area contributed by atoms with Gasteiger partial charge in [0.2, 0.25) is 11.0 Å². The van der Waals surface area contributed by atoms with E-state index < -0.39 is 0 Å². The third-order valence-electron chi connectivity index (χ3n) is 3.89. The molecular formula is C18H17N5OS3. The normalized spacial score (nSPS) is 11.2. The zero-order valence-electron chi connectivity index (χ0n) is 14.8. The standard InChI is InChI=1S/C18H17N5OS3/c1-3-25-18-22-21-16(27-18)20-15(24)8-13-10-26-17-19-14(9-23(13)17)12-6-4-11(2)5-7-12/h4-7,9-10H,3,8H2,1-2H3,(H,20,21,24). The number of aromatic nitrogens is 4. The molecule has 0 saturated carbocycles. The molecule has 0 saturated heterocycles. The van der Waals surface area contributed by atoms with Crippen LogP contribution in [0, 0.1) is 6.92 Å².